The predicted molar refractivity (Wildman–Crippen MR) is 107 cm³/mol. The summed E-state index contributed by atoms with van der Waals surface area (Å²) in [5.41, 5.74) is 1.01. The Morgan fingerprint density at radius 1 is 0.963 bits per heavy atom. The van der Waals surface area contributed by atoms with Crippen molar-refractivity contribution in [2.45, 2.75) is 24.8 Å². The number of benzene rings is 2. The molecule has 148 valence electrons. The topological polar surface area (TPSA) is 67.9 Å². The monoisotopic (exact) mass is 392 g/mol. The van der Waals surface area contributed by atoms with Crippen molar-refractivity contribution in [3.05, 3.63) is 54.1 Å². The quantitative estimate of drug-likeness (QED) is 0.673. The van der Waals surface area contributed by atoms with Gasteiger partial charge in [0.15, 0.2) is 0 Å². The molecule has 0 amide bonds. The molecule has 0 heterocycles. The first-order chi connectivity index (χ1) is 12.9. The van der Waals surface area contributed by atoms with E-state index in [1.165, 1.54) is 0 Å². The second kappa shape index (κ2) is 9.73. The largest absolute Gasteiger partial charge is 0.497 e. The van der Waals surface area contributed by atoms with Crippen molar-refractivity contribution in [2.75, 3.05) is 33.9 Å². The zero-order valence-electron chi connectivity index (χ0n) is 16.3. The minimum absolute atomic E-state index is 0.0943. The number of methoxy groups -OCH3 is 2. The molecule has 2 aromatic rings. The number of hydrogen-bond donors (Lipinski definition) is 1. The molecule has 27 heavy (non-hydrogen) atoms. The standard InChI is InChI=1S/C20H28N2O4S/c1-5-22(6-2)20(16-8-7-9-18(14-16)26-4)15-21-27(23,24)19-12-10-17(25-3)11-13-19/h7-14,20-21H,5-6,15H2,1-4H3. The van der Waals surface area contributed by atoms with E-state index in [2.05, 4.69) is 23.5 Å². The number of likely N-dealkylation sites (N-methyl/N-ethyl adjacent to an activating group) is 1. The van der Waals surface area contributed by atoms with Crippen molar-refractivity contribution in [1.29, 1.82) is 0 Å². The van der Waals surface area contributed by atoms with Crippen molar-refractivity contribution in [3.63, 3.8) is 0 Å². The molecule has 0 aromatic heterocycles. The second-order valence-electron chi connectivity index (χ2n) is 6.04. The van der Waals surface area contributed by atoms with Gasteiger partial charge < -0.3 is 9.47 Å². The lowest BCUT2D eigenvalue weighted by Gasteiger charge is -2.30. The zero-order valence-corrected chi connectivity index (χ0v) is 17.1. The van der Waals surface area contributed by atoms with Crippen LogP contribution in [0, 0.1) is 0 Å². The van der Waals surface area contributed by atoms with Gasteiger partial charge in [-0.15, -0.1) is 0 Å². The molecule has 0 saturated heterocycles. The van der Waals surface area contributed by atoms with E-state index in [1.807, 2.05) is 24.3 Å². The van der Waals surface area contributed by atoms with Crippen molar-refractivity contribution < 1.29 is 17.9 Å². The van der Waals surface area contributed by atoms with Gasteiger partial charge in [0.25, 0.3) is 0 Å². The fraction of sp³-hybridized carbons (Fsp3) is 0.400. The van der Waals surface area contributed by atoms with Crippen LogP contribution in [0.2, 0.25) is 0 Å². The van der Waals surface area contributed by atoms with Gasteiger partial charge in [0.1, 0.15) is 11.5 Å². The van der Waals surface area contributed by atoms with Gasteiger partial charge in [-0.05, 0) is 55.1 Å². The Morgan fingerprint density at radius 3 is 2.15 bits per heavy atom. The van der Waals surface area contributed by atoms with E-state index in [4.69, 9.17) is 9.47 Å². The molecule has 0 bridgehead atoms. The van der Waals surface area contributed by atoms with Crippen LogP contribution in [-0.2, 0) is 10.0 Å². The lowest BCUT2D eigenvalue weighted by molar-refractivity contribution is 0.219. The molecular weight excluding hydrogens is 364 g/mol. The van der Waals surface area contributed by atoms with Crippen molar-refractivity contribution in [1.82, 2.24) is 9.62 Å². The first-order valence-electron chi connectivity index (χ1n) is 8.96. The Labute approximate surface area is 162 Å². The third kappa shape index (κ3) is 5.45. The molecule has 2 aromatic carbocycles. The summed E-state index contributed by atoms with van der Waals surface area (Å²) in [5.74, 6) is 1.37. The van der Waals surface area contributed by atoms with Crippen LogP contribution in [0.5, 0.6) is 11.5 Å². The van der Waals surface area contributed by atoms with Crippen LogP contribution in [0.4, 0.5) is 0 Å². The SMILES string of the molecule is CCN(CC)C(CNS(=O)(=O)c1ccc(OC)cc1)c1cccc(OC)c1. The van der Waals surface area contributed by atoms with Gasteiger partial charge in [-0.1, -0.05) is 26.0 Å². The molecule has 6 nitrogen and oxygen atoms in total. The number of nitrogens with one attached hydrogen (secondary N) is 1. The molecule has 0 aliphatic heterocycles. The normalized spacial score (nSPS) is 12.8. The Kier molecular flexibility index (Phi) is 7.65. The van der Waals surface area contributed by atoms with E-state index in [0.29, 0.717) is 5.75 Å². The summed E-state index contributed by atoms with van der Waals surface area (Å²) in [6, 6.07) is 14.0. The molecule has 1 unspecified atom stereocenters. The van der Waals surface area contributed by atoms with Gasteiger partial charge in [0.2, 0.25) is 10.0 Å². The van der Waals surface area contributed by atoms with Gasteiger partial charge in [-0.3, -0.25) is 4.90 Å². The van der Waals surface area contributed by atoms with Crippen LogP contribution >= 0.6 is 0 Å². The van der Waals surface area contributed by atoms with Gasteiger partial charge in [-0.25, -0.2) is 13.1 Å². The maximum Gasteiger partial charge on any atom is 0.240 e. The molecule has 1 atom stereocenters. The van der Waals surface area contributed by atoms with Crippen LogP contribution < -0.4 is 14.2 Å². The summed E-state index contributed by atoms with van der Waals surface area (Å²) in [6.45, 7) is 6.01. The Hall–Kier alpha value is -2.09. The summed E-state index contributed by atoms with van der Waals surface area (Å²) in [4.78, 5) is 2.43. The van der Waals surface area contributed by atoms with Crippen LogP contribution in [0.1, 0.15) is 25.5 Å². The minimum atomic E-state index is -3.62. The molecule has 0 saturated carbocycles. The summed E-state index contributed by atoms with van der Waals surface area (Å²) < 4.78 is 38.5. The zero-order chi connectivity index (χ0) is 19.9. The van der Waals surface area contributed by atoms with E-state index in [0.717, 1.165) is 24.4 Å². The second-order valence-corrected chi connectivity index (χ2v) is 7.81. The van der Waals surface area contributed by atoms with Gasteiger partial charge >= 0.3 is 0 Å². The lowest BCUT2D eigenvalue weighted by Crippen LogP contribution is -2.38. The summed E-state index contributed by atoms with van der Waals surface area (Å²) in [6.07, 6.45) is 0. The average Bonchev–Trinajstić information content (AvgIpc) is 2.71. The maximum atomic E-state index is 12.7. The Balaban J connectivity index is 2.23. The van der Waals surface area contributed by atoms with Crippen LogP contribution in [0.3, 0.4) is 0 Å². The molecule has 0 fully saturated rings. The number of sulfonamides is 1. The van der Waals surface area contributed by atoms with Crippen LogP contribution in [-0.4, -0.2) is 47.2 Å². The highest BCUT2D eigenvalue weighted by atomic mass is 32.2. The molecule has 1 N–H and O–H groups in total. The lowest BCUT2D eigenvalue weighted by atomic mass is 10.0. The highest BCUT2D eigenvalue weighted by Crippen LogP contribution is 2.24. The molecule has 0 aliphatic carbocycles. The van der Waals surface area contributed by atoms with E-state index in [9.17, 15) is 8.42 Å². The summed E-state index contributed by atoms with van der Waals surface area (Å²) in [7, 11) is -0.448. The van der Waals surface area contributed by atoms with E-state index in [1.54, 1.807) is 38.5 Å². The number of ether oxygens (including phenoxy) is 2. The molecule has 2 rings (SSSR count). The summed E-state index contributed by atoms with van der Waals surface area (Å²) >= 11 is 0. The number of nitrogens with zero attached hydrogens (tertiary/aromatic N) is 1. The average molecular weight is 393 g/mol. The highest BCUT2D eigenvalue weighted by Gasteiger charge is 2.22. The molecule has 7 heteroatoms. The van der Waals surface area contributed by atoms with Crippen LogP contribution in [0.25, 0.3) is 0 Å². The summed E-state index contributed by atoms with van der Waals surface area (Å²) in [5, 5.41) is 0. The highest BCUT2D eigenvalue weighted by molar-refractivity contribution is 7.89. The number of hydrogen-bond acceptors (Lipinski definition) is 5. The number of rotatable bonds is 10. The first-order valence-corrected chi connectivity index (χ1v) is 10.4. The van der Waals surface area contributed by atoms with Gasteiger partial charge in [-0.2, -0.15) is 0 Å². The third-order valence-electron chi connectivity index (χ3n) is 4.57. The molecule has 0 spiro atoms. The fourth-order valence-corrected chi connectivity index (χ4v) is 4.04. The smallest absolute Gasteiger partial charge is 0.240 e. The van der Waals surface area contributed by atoms with Crippen molar-refractivity contribution in [2.24, 2.45) is 0 Å². The Bertz CT molecular complexity index is 818. The minimum Gasteiger partial charge on any atom is -0.497 e. The van der Waals surface area contributed by atoms with Crippen LogP contribution in [0.15, 0.2) is 53.4 Å². The maximum absolute atomic E-state index is 12.7. The molecular formula is C20H28N2O4S. The Morgan fingerprint density at radius 2 is 1.59 bits per heavy atom. The molecule has 0 aliphatic rings. The van der Waals surface area contributed by atoms with E-state index in [-0.39, 0.29) is 17.5 Å². The molecule has 0 radical (unpaired) electrons. The van der Waals surface area contributed by atoms with Crippen molar-refractivity contribution in [3.8, 4) is 11.5 Å². The van der Waals surface area contributed by atoms with E-state index >= 15 is 0 Å². The van der Waals surface area contributed by atoms with Gasteiger partial charge in [0.05, 0.1) is 19.1 Å². The van der Waals surface area contributed by atoms with Gasteiger partial charge in [0, 0.05) is 12.6 Å². The van der Waals surface area contributed by atoms with E-state index < -0.39 is 10.0 Å². The third-order valence-corrected chi connectivity index (χ3v) is 6.01. The first kappa shape index (κ1) is 21.2. The predicted octanol–water partition coefficient (Wildman–Crippen LogP) is 3.07. The fourth-order valence-electron chi connectivity index (χ4n) is 3.00. The van der Waals surface area contributed by atoms with Crippen molar-refractivity contribution >= 4 is 10.0 Å².